The highest BCUT2D eigenvalue weighted by molar-refractivity contribution is 5.85. The SMILES string of the molecule is CN(c1ccccc1)c1ccc(CN2C[C@@H](N)[C@H](c3ccccc3)C2)cn1.Cl. The Hall–Kier alpha value is -2.40. The molecule has 1 aliphatic heterocycles. The average molecular weight is 395 g/mol. The highest BCUT2D eigenvalue weighted by atomic mass is 35.5. The molecular weight excluding hydrogens is 368 g/mol. The molecule has 146 valence electrons. The number of hydrogen-bond acceptors (Lipinski definition) is 4. The normalized spacial score (nSPS) is 19.2. The Kier molecular flexibility index (Phi) is 6.68. The van der Waals surface area contributed by atoms with Crippen LogP contribution in [0.4, 0.5) is 11.5 Å². The van der Waals surface area contributed by atoms with Crippen molar-refractivity contribution in [2.24, 2.45) is 5.73 Å². The van der Waals surface area contributed by atoms with Crippen LogP contribution < -0.4 is 10.6 Å². The van der Waals surface area contributed by atoms with Crippen LogP contribution >= 0.6 is 12.4 Å². The third kappa shape index (κ3) is 4.53. The summed E-state index contributed by atoms with van der Waals surface area (Å²) in [6, 6.07) is 25.3. The molecule has 0 radical (unpaired) electrons. The Labute approximate surface area is 173 Å². The molecule has 1 fully saturated rings. The smallest absolute Gasteiger partial charge is 0.132 e. The second kappa shape index (κ2) is 9.20. The van der Waals surface area contributed by atoms with Crippen LogP contribution in [0.3, 0.4) is 0 Å². The first-order valence-electron chi connectivity index (χ1n) is 9.47. The van der Waals surface area contributed by atoms with Gasteiger partial charge in [-0.25, -0.2) is 4.98 Å². The molecule has 2 atom stereocenters. The number of benzene rings is 2. The highest BCUT2D eigenvalue weighted by Crippen LogP contribution is 2.28. The quantitative estimate of drug-likeness (QED) is 0.704. The Morgan fingerprint density at radius 2 is 1.64 bits per heavy atom. The third-order valence-electron chi connectivity index (χ3n) is 5.37. The number of likely N-dealkylation sites (tertiary alicyclic amines) is 1. The van der Waals surface area contributed by atoms with Crippen LogP contribution in [-0.4, -0.2) is 36.1 Å². The lowest BCUT2D eigenvalue weighted by atomic mass is 9.95. The highest BCUT2D eigenvalue weighted by Gasteiger charge is 2.31. The fourth-order valence-corrected chi connectivity index (χ4v) is 3.85. The zero-order chi connectivity index (χ0) is 18.6. The Morgan fingerprint density at radius 3 is 2.29 bits per heavy atom. The van der Waals surface area contributed by atoms with Gasteiger partial charge in [-0.15, -0.1) is 12.4 Å². The standard InChI is InChI=1S/C23H26N4.ClH/c1-26(20-10-6-3-7-11-20)23-13-12-18(14-25-23)15-27-16-21(22(24)17-27)19-8-4-2-5-9-19;/h2-14,21-22H,15-17,24H2,1H3;1H/t21-,22+;/m0./s1. The van der Waals surface area contributed by atoms with E-state index in [0.717, 1.165) is 31.1 Å². The molecule has 0 unspecified atom stereocenters. The van der Waals surface area contributed by atoms with Crippen molar-refractivity contribution in [3.8, 4) is 0 Å². The lowest BCUT2D eigenvalue weighted by Gasteiger charge is -2.19. The van der Waals surface area contributed by atoms with Gasteiger partial charge in [0.25, 0.3) is 0 Å². The van der Waals surface area contributed by atoms with Crippen LogP contribution in [0, 0.1) is 0 Å². The van der Waals surface area contributed by atoms with Crippen LogP contribution in [0.25, 0.3) is 0 Å². The molecule has 28 heavy (non-hydrogen) atoms. The maximum atomic E-state index is 6.42. The van der Waals surface area contributed by atoms with E-state index in [1.54, 1.807) is 0 Å². The molecule has 1 saturated heterocycles. The minimum atomic E-state index is 0. The molecule has 0 amide bonds. The molecular formula is C23H27ClN4. The van der Waals surface area contributed by atoms with E-state index in [1.807, 2.05) is 31.4 Å². The van der Waals surface area contributed by atoms with Crippen molar-refractivity contribution in [3.05, 3.63) is 90.1 Å². The number of pyridine rings is 1. The fraction of sp³-hybridized carbons (Fsp3) is 0.261. The number of para-hydroxylation sites is 1. The average Bonchev–Trinajstić information content (AvgIpc) is 3.09. The number of halogens is 1. The molecule has 2 heterocycles. The molecule has 2 aromatic carbocycles. The van der Waals surface area contributed by atoms with E-state index in [9.17, 15) is 0 Å². The van der Waals surface area contributed by atoms with E-state index >= 15 is 0 Å². The maximum absolute atomic E-state index is 6.42. The summed E-state index contributed by atoms with van der Waals surface area (Å²) in [5.74, 6) is 1.35. The van der Waals surface area contributed by atoms with Crippen molar-refractivity contribution >= 4 is 23.9 Å². The maximum Gasteiger partial charge on any atom is 0.132 e. The number of aromatic nitrogens is 1. The van der Waals surface area contributed by atoms with E-state index in [2.05, 4.69) is 69.4 Å². The summed E-state index contributed by atoms with van der Waals surface area (Å²) in [5, 5.41) is 0. The van der Waals surface area contributed by atoms with Crippen molar-refractivity contribution < 1.29 is 0 Å². The molecule has 2 N–H and O–H groups in total. The number of anilines is 2. The minimum Gasteiger partial charge on any atom is -0.329 e. The minimum absolute atomic E-state index is 0. The van der Waals surface area contributed by atoms with Gasteiger partial charge in [-0.1, -0.05) is 54.6 Å². The Bertz CT molecular complexity index is 855. The monoisotopic (exact) mass is 394 g/mol. The first-order chi connectivity index (χ1) is 13.2. The molecule has 5 heteroatoms. The topological polar surface area (TPSA) is 45.4 Å². The van der Waals surface area contributed by atoms with Gasteiger partial charge < -0.3 is 10.6 Å². The number of hydrogen-bond donors (Lipinski definition) is 1. The fourth-order valence-electron chi connectivity index (χ4n) is 3.85. The third-order valence-corrected chi connectivity index (χ3v) is 5.37. The van der Waals surface area contributed by atoms with Crippen LogP contribution in [0.2, 0.25) is 0 Å². The van der Waals surface area contributed by atoms with Crippen LogP contribution in [0.5, 0.6) is 0 Å². The lowest BCUT2D eigenvalue weighted by Crippen LogP contribution is -2.28. The molecule has 4 rings (SSSR count). The van der Waals surface area contributed by atoms with Crippen molar-refractivity contribution in [1.82, 2.24) is 9.88 Å². The molecule has 0 spiro atoms. The molecule has 1 aromatic heterocycles. The second-order valence-corrected chi connectivity index (χ2v) is 7.29. The predicted molar refractivity (Wildman–Crippen MR) is 118 cm³/mol. The van der Waals surface area contributed by atoms with Crippen molar-refractivity contribution in [1.29, 1.82) is 0 Å². The zero-order valence-electron chi connectivity index (χ0n) is 16.1. The van der Waals surface area contributed by atoms with Gasteiger partial charge in [0, 0.05) is 50.5 Å². The van der Waals surface area contributed by atoms with E-state index in [1.165, 1.54) is 11.1 Å². The summed E-state index contributed by atoms with van der Waals surface area (Å²) in [6.45, 7) is 2.81. The second-order valence-electron chi connectivity index (χ2n) is 7.29. The van der Waals surface area contributed by atoms with Gasteiger partial charge in [0.1, 0.15) is 5.82 Å². The lowest BCUT2D eigenvalue weighted by molar-refractivity contribution is 0.323. The van der Waals surface area contributed by atoms with E-state index < -0.39 is 0 Å². The van der Waals surface area contributed by atoms with Crippen molar-refractivity contribution in [2.45, 2.75) is 18.5 Å². The zero-order valence-corrected chi connectivity index (χ0v) is 16.9. The molecule has 0 aliphatic carbocycles. The van der Waals surface area contributed by atoms with Crippen LogP contribution in [0.15, 0.2) is 79.0 Å². The molecule has 0 bridgehead atoms. The Morgan fingerprint density at radius 1 is 0.964 bits per heavy atom. The van der Waals surface area contributed by atoms with E-state index in [0.29, 0.717) is 5.92 Å². The van der Waals surface area contributed by atoms with Crippen molar-refractivity contribution in [2.75, 3.05) is 25.0 Å². The van der Waals surface area contributed by atoms with Crippen molar-refractivity contribution in [3.63, 3.8) is 0 Å². The number of rotatable bonds is 5. The summed E-state index contributed by atoms with van der Waals surface area (Å²) in [7, 11) is 2.04. The van der Waals surface area contributed by atoms with Gasteiger partial charge in [-0.3, -0.25) is 4.90 Å². The summed E-state index contributed by atoms with van der Waals surface area (Å²) >= 11 is 0. The van der Waals surface area contributed by atoms with E-state index in [4.69, 9.17) is 5.73 Å². The summed E-state index contributed by atoms with van der Waals surface area (Å²) in [5.41, 5.74) is 10.1. The van der Waals surface area contributed by atoms with Gasteiger partial charge in [0.15, 0.2) is 0 Å². The van der Waals surface area contributed by atoms with Crippen LogP contribution in [-0.2, 0) is 6.54 Å². The molecule has 0 saturated carbocycles. The Balaban J connectivity index is 0.00000225. The van der Waals surface area contributed by atoms with Gasteiger partial charge >= 0.3 is 0 Å². The van der Waals surface area contributed by atoms with Gasteiger partial charge in [0.2, 0.25) is 0 Å². The van der Waals surface area contributed by atoms with Crippen LogP contribution in [0.1, 0.15) is 17.0 Å². The molecule has 3 aromatic rings. The van der Waals surface area contributed by atoms with Gasteiger partial charge in [-0.2, -0.15) is 0 Å². The van der Waals surface area contributed by atoms with Gasteiger partial charge in [-0.05, 0) is 29.3 Å². The summed E-state index contributed by atoms with van der Waals surface area (Å²) in [6.07, 6.45) is 1.98. The van der Waals surface area contributed by atoms with Gasteiger partial charge in [0.05, 0.1) is 0 Å². The first kappa shape index (κ1) is 20.3. The first-order valence-corrected chi connectivity index (χ1v) is 9.47. The van der Waals surface area contributed by atoms with E-state index in [-0.39, 0.29) is 18.4 Å². The predicted octanol–water partition coefficient (Wildman–Crippen LogP) is 4.20. The largest absolute Gasteiger partial charge is 0.329 e. The molecule has 1 aliphatic rings. The molecule has 4 nitrogen and oxygen atoms in total. The number of nitrogens with zero attached hydrogens (tertiary/aromatic N) is 3. The summed E-state index contributed by atoms with van der Waals surface area (Å²) < 4.78 is 0. The summed E-state index contributed by atoms with van der Waals surface area (Å²) in [4.78, 5) is 9.19. The number of nitrogens with two attached hydrogens (primary N) is 1.